The lowest BCUT2D eigenvalue weighted by molar-refractivity contribution is -0.158. The Morgan fingerprint density at radius 2 is 1.93 bits per heavy atom. The summed E-state index contributed by atoms with van der Waals surface area (Å²) in [4.78, 5) is 43.1. The van der Waals surface area contributed by atoms with E-state index in [1.807, 2.05) is 30.3 Å². The summed E-state index contributed by atoms with van der Waals surface area (Å²) in [5.41, 5.74) is -0.0362. The van der Waals surface area contributed by atoms with Gasteiger partial charge in [0, 0.05) is 25.1 Å². The lowest BCUT2D eigenvalue weighted by Gasteiger charge is -2.42. The molecule has 7 heteroatoms. The van der Waals surface area contributed by atoms with E-state index >= 15 is 0 Å². The molecular weight excluding hydrogens is 366 g/mol. The third kappa shape index (κ3) is 3.61. The van der Waals surface area contributed by atoms with Crippen LogP contribution in [0.4, 0.5) is 0 Å². The van der Waals surface area contributed by atoms with Gasteiger partial charge in [0.05, 0.1) is 0 Å². The molecule has 1 aliphatic heterocycles. The predicted octanol–water partition coefficient (Wildman–Crippen LogP) is 2.58. The zero-order valence-electron chi connectivity index (χ0n) is 14.9. The molecule has 3 rings (SSSR count). The normalized spacial score (nSPS) is 21.3. The minimum Gasteiger partial charge on any atom is -0.319 e. The molecule has 1 aromatic carbocycles. The smallest absolute Gasteiger partial charge is 0.277 e. The number of nitrogens with one attached hydrogen (secondary N) is 1. The Hall–Kier alpha value is -2.99. The van der Waals surface area contributed by atoms with Crippen LogP contribution in [0.5, 0.6) is 0 Å². The van der Waals surface area contributed by atoms with E-state index in [9.17, 15) is 14.4 Å². The molecule has 0 aliphatic carbocycles. The van der Waals surface area contributed by atoms with Crippen molar-refractivity contribution in [2.45, 2.75) is 25.8 Å². The summed E-state index contributed by atoms with van der Waals surface area (Å²) in [6.07, 6.45) is 3.16. The van der Waals surface area contributed by atoms with Crippen molar-refractivity contribution >= 4 is 35.4 Å². The van der Waals surface area contributed by atoms with Gasteiger partial charge in [-0.15, -0.1) is 0 Å². The Morgan fingerprint density at radius 3 is 2.56 bits per heavy atom. The first kappa shape index (κ1) is 18.8. The molecule has 6 nitrogen and oxygen atoms in total. The minimum absolute atomic E-state index is 0.0179. The third-order valence-corrected chi connectivity index (χ3v) is 4.77. The van der Waals surface area contributed by atoms with Crippen LogP contribution in [-0.2, 0) is 20.8 Å². The number of piperazine rings is 1. The van der Waals surface area contributed by atoms with Gasteiger partial charge < -0.3 is 5.32 Å². The van der Waals surface area contributed by atoms with Crippen LogP contribution in [0, 0.1) is 0 Å². The van der Waals surface area contributed by atoms with Gasteiger partial charge in [-0.2, -0.15) is 0 Å². The van der Waals surface area contributed by atoms with Crippen LogP contribution in [0.25, 0.3) is 6.08 Å². The molecule has 1 atom stereocenters. The maximum atomic E-state index is 13.0. The number of pyridine rings is 1. The van der Waals surface area contributed by atoms with Crippen molar-refractivity contribution in [2.24, 2.45) is 0 Å². The molecule has 138 valence electrons. The first-order valence-corrected chi connectivity index (χ1v) is 8.73. The number of benzene rings is 1. The summed E-state index contributed by atoms with van der Waals surface area (Å²) in [5.74, 6) is -1.52. The number of imide groups is 1. The predicted molar refractivity (Wildman–Crippen MR) is 101 cm³/mol. The summed E-state index contributed by atoms with van der Waals surface area (Å²) in [6.45, 7) is 2.86. The molecule has 2 heterocycles. The second-order valence-electron chi connectivity index (χ2n) is 6.49. The van der Waals surface area contributed by atoms with Crippen LogP contribution in [0.15, 0.2) is 54.4 Å². The molecule has 1 N–H and O–H groups in total. The number of hydrogen-bond donors (Lipinski definition) is 1. The summed E-state index contributed by atoms with van der Waals surface area (Å²) in [5, 5.41) is 2.82. The van der Waals surface area contributed by atoms with Crippen molar-refractivity contribution in [3.63, 3.8) is 0 Å². The maximum absolute atomic E-state index is 13.0. The highest BCUT2D eigenvalue weighted by atomic mass is 35.5. The second kappa shape index (κ2) is 7.32. The lowest BCUT2D eigenvalue weighted by Crippen LogP contribution is -2.67. The van der Waals surface area contributed by atoms with Crippen molar-refractivity contribution in [3.05, 3.63) is 70.6 Å². The zero-order chi connectivity index (χ0) is 19.6. The average Bonchev–Trinajstić information content (AvgIpc) is 2.62. The van der Waals surface area contributed by atoms with Gasteiger partial charge in [-0.05, 0) is 24.6 Å². The number of nitrogens with zero attached hydrogens (tertiary/aromatic N) is 2. The molecule has 0 saturated carbocycles. The Kier molecular flexibility index (Phi) is 5.10. The Labute approximate surface area is 161 Å². The molecule has 3 amide bonds. The van der Waals surface area contributed by atoms with Gasteiger partial charge in [0.1, 0.15) is 16.4 Å². The molecule has 1 aliphatic rings. The van der Waals surface area contributed by atoms with Gasteiger partial charge >= 0.3 is 0 Å². The highest BCUT2D eigenvalue weighted by Gasteiger charge is 2.49. The number of halogens is 1. The molecule has 1 unspecified atom stereocenters. The average molecular weight is 384 g/mol. The van der Waals surface area contributed by atoms with Gasteiger partial charge in [-0.3, -0.25) is 19.3 Å². The molecule has 1 aromatic heterocycles. The van der Waals surface area contributed by atoms with Crippen LogP contribution in [-0.4, -0.2) is 33.1 Å². The van der Waals surface area contributed by atoms with Crippen molar-refractivity contribution in [1.29, 1.82) is 0 Å². The molecule has 27 heavy (non-hydrogen) atoms. The fourth-order valence-corrected chi connectivity index (χ4v) is 3.33. The van der Waals surface area contributed by atoms with E-state index in [0.29, 0.717) is 5.56 Å². The van der Waals surface area contributed by atoms with Crippen LogP contribution in [0.3, 0.4) is 0 Å². The van der Waals surface area contributed by atoms with E-state index in [4.69, 9.17) is 11.6 Å². The first-order chi connectivity index (χ1) is 12.8. The van der Waals surface area contributed by atoms with Gasteiger partial charge in [0.2, 0.25) is 5.91 Å². The van der Waals surface area contributed by atoms with Gasteiger partial charge in [-0.1, -0.05) is 48.0 Å². The number of carbonyl (C=O) groups excluding carboxylic acids is 3. The SMILES string of the molecule is CC(=O)N1C(=O)C(=Cc2cccnc2Cl)NC(=O)C1(C)Cc1ccccc1. The van der Waals surface area contributed by atoms with E-state index in [1.165, 1.54) is 19.2 Å². The largest absolute Gasteiger partial charge is 0.319 e. The van der Waals surface area contributed by atoms with Gasteiger partial charge in [0.15, 0.2) is 0 Å². The van der Waals surface area contributed by atoms with Crippen molar-refractivity contribution in [3.8, 4) is 0 Å². The van der Waals surface area contributed by atoms with Crippen molar-refractivity contribution in [2.75, 3.05) is 0 Å². The Bertz CT molecular complexity index is 942. The number of hydrogen-bond acceptors (Lipinski definition) is 4. The number of aromatic nitrogens is 1. The van der Waals surface area contributed by atoms with Crippen LogP contribution in [0.2, 0.25) is 5.15 Å². The van der Waals surface area contributed by atoms with E-state index in [2.05, 4.69) is 10.3 Å². The summed E-state index contributed by atoms with van der Waals surface area (Å²) >= 11 is 6.03. The molecule has 0 spiro atoms. The van der Waals surface area contributed by atoms with E-state index in [0.717, 1.165) is 10.5 Å². The molecular formula is C20H18ClN3O3. The summed E-state index contributed by atoms with van der Waals surface area (Å²) in [7, 11) is 0. The topological polar surface area (TPSA) is 79.4 Å². The standard InChI is InChI=1S/C20H18ClN3O3/c1-13(25)24-18(26)16(11-15-9-6-10-22-17(15)21)23-19(27)20(24,2)12-14-7-4-3-5-8-14/h3-11H,12H2,1-2H3,(H,23,27). The second-order valence-corrected chi connectivity index (χ2v) is 6.85. The minimum atomic E-state index is -1.33. The maximum Gasteiger partial charge on any atom is 0.277 e. The van der Waals surface area contributed by atoms with Crippen molar-refractivity contribution in [1.82, 2.24) is 15.2 Å². The monoisotopic (exact) mass is 383 g/mol. The molecule has 2 aromatic rings. The first-order valence-electron chi connectivity index (χ1n) is 8.35. The number of rotatable bonds is 3. The third-order valence-electron chi connectivity index (χ3n) is 4.46. The van der Waals surface area contributed by atoms with Crippen LogP contribution in [0.1, 0.15) is 25.0 Å². The van der Waals surface area contributed by atoms with E-state index in [-0.39, 0.29) is 17.3 Å². The van der Waals surface area contributed by atoms with Crippen molar-refractivity contribution < 1.29 is 14.4 Å². The highest BCUT2D eigenvalue weighted by molar-refractivity contribution is 6.31. The highest BCUT2D eigenvalue weighted by Crippen LogP contribution is 2.28. The summed E-state index contributed by atoms with van der Waals surface area (Å²) < 4.78 is 0. The van der Waals surface area contributed by atoms with E-state index < -0.39 is 23.3 Å². The van der Waals surface area contributed by atoms with Crippen LogP contribution >= 0.6 is 11.6 Å². The fraction of sp³-hybridized carbons (Fsp3) is 0.200. The Morgan fingerprint density at radius 1 is 1.22 bits per heavy atom. The Balaban J connectivity index is 2.01. The number of carbonyl (C=O) groups is 3. The van der Waals surface area contributed by atoms with Gasteiger partial charge in [0.25, 0.3) is 11.8 Å². The fourth-order valence-electron chi connectivity index (χ4n) is 3.16. The van der Waals surface area contributed by atoms with Gasteiger partial charge in [-0.25, -0.2) is 4.98 Å². The number of amides is 3. The molecule has 1 fully saturated rings. The summed E-state index contributed by atoms with van der Waals surface area (Å²) in [6, 6.07) is 12.6. The molecule has 0 radical (unpaired) electrons. The van der Waals surface area contributed by atoms with E-state index in [1.54, 1.807) is 19.1 Å². The lowest BCUT2D eigenvalue weighted by atomic mass is 9.87. The molecule has 0 bridgehead atoms. The molecule has 1 saturated heterocycles. The van der Waals surface area contributed by atoms with Crippen LogP contribution < -0.4 is 5.32 Å². The quantitative estimate of drug-likeness (QED) is 0.652. The zero-order valence-corrected chi connectivity index (χ0v) is 15.7.